The Morgan fingerprint density at radius 2 is 1.45 bits per heavy atom. The third-order valence-electron chi connectivity index (χ3n) is 13.2. The zero-order valence-electron chi connectivity index (χ0n) is 29.2. The van der Waals surface area contributed by atoms with Gasteiger partial charge in [-0.1, -0.05) is 34.1 Å². The Labute approximate surface area is 271 Å². The minimum Gasteiger partial charge on any atom is -0.378 e. The second kappa shape index (κ2) is 17.8. The normalized spacial score (nSPS) is 39.1. The van der Waals surface area contributed by atoms with Crippen LogP contribution in [0.2, 0.25) is 0 Å². The van der Waals surface area contributed by atoms with Gasteiger partial charge in [-0.3, -0.25) is 0 Å². The van der Waals surface area contributed by atoms with Crippen LogP contribution in [0.1, 0.15) is 118 Å². The van der Waals surface area contributed by atoms with Gasteiger partial charge in [0.1, 0.15) is 0 Å². The zero-order chi connectivity index (χ0) is 31.6. The van der Waals surface area contributed by atoms with Crippen molar-refractivity contribution in [3.05, 3.63) is 0 Å². The molecular weight excluding hydrogens is 548 g/mol. The molecule has 0 saturated heterocycles. The lowest BCUT2D eigenvalue weighted by atomic mass is 9.43. The maximum atomic E-state index is 7.00. The smallest absolute Gasteiger partial charge is 0.0637 e. The van der Waals surface area contributed by atoms with Crippen molar-refractivity contribution >= 4 is 0 Å². The van der Waals surface area contributed by atoms with E-state index >= 15 is 0 Å². The molecule has 4 aliphatic carbocycles. The van der Waals surface area contributed by atoms with Crippen LogP contribution in [0.4, 0.5) is 0 Å². The summed E-state index contributed by atoms with van der Waals surface area (Å²) in [5.74, 6) is 3.93. The largest absolute Gasteiger partial charge is 0.378 e. The summed E-state index contributed by atoms with van der Waals surface area (Å²) >= 11 is 0. The molecule has 7 nitrogen and oxygen atoms in total. The van der Waals surface area contributed by atoms with Gasteiger partial charge in [0.25, 0.3) is 0 Å². The average Bonchev–Trinajstić information content (AvgIpc) is 3.38. The third-order valence-corrected chi connectivity index (χ3v) is 13.2. The van der Waals surface area contributed by atoms with Crippen LogP contribution in [0.25, 0.3) is 0 Å². The van der Waals surface area contributed by atoms with Crippen molar-refractivity contribution in [3.8, 4) is 0 Å². The van der Waals surface area contributed by atoms with Gasteiger partial charge < -0.3 is 36.7 Å². The molecule has 0 aliphatic heterocycles. The maximum Gasteiger partial charge on any atom is 0.0637 e. The summed E-state index contributed by atoms with van der Waals surface area (Å²) in [5, 5.41) is 3.68. The van der Waals surface area contributed by atoms with Gasteiger partial charge in [-0.15, -0.1) is 0 Å². The summed E-state index contributed by atoms with van der Waals surface area (Å²) in [7, 11) is 0. The number of nitrogens with one attached hydrogen (secondary N) is 1. The topological polar surface area (TPSA) is 118 Å². The number of hydrogen-bond acceptors (Lipinski definition) is 7. The van der Waals surface area contributed by atoms with E-state index in [9.17, 15) is 0 Å². The van der Waals surface area contributed by atoms with E-state index in [4.69, 9.17) is 31.4 Å². The number of fused-ring (bicyclic) bond motifs is 5. The zero-order valence-corrected chi connectivity index (χ0v) is 29.2. The van der Waals surface area contributed by atoms with E-state index < -0.39 is 0 Å². The highest BCUT2D eigenvalue weighted by Gasteiger charge is 2.66. The summed E-state index contributed by atoms with van der Waals surface area (Å²) in [6.07, 6.45) is 17.5. The molecule has 4 saturated carbocycles. The molecule has 0 spiro atoms. The van der Waals surface area contributed by atoms with E-state index in [0.29, 0.717) is 78.9 Å². The molecule has 7 heteroatoms. The molecule has 0 aromatic carbocycles. The summed E-state index contributed by atoms with van der Waals surface area (Å²) in [6.45, 7) is 16.9. The Balaban J connectivity index is 1.57. The fourth-order valence-corrected chi connectivity index (χ4v) is 10.8. The van der Waals surface area contributed by atoms with Crippen LogP contribution < -0.4 is 22.5 Å². The van der Waals surface area contributed by atoms with Crippen molar-refractivity contribution in [2.75, 3.05) is 52.5 Å². The Kier molecular flexibility index (Phi) is 14.7. The van der Waals surface area contributed by atoms with Crippen LogP contribution in [0, 0.1) is 46.3 Å². The highest BCUT2D eigenvalue weighted by atomic mass is 16.5. The highest BCUT2D eigenvalue weighted by molar-refractivity contribution is 5.15. The van der Waals surface area contributed by atoms with Gasteiger partial charge in [0.15, 0.2) is 0 Å². The summed E-state index contributed by atoms with van der Waals surface area (Å²) in [4.78, 5) is 0. The van der Waals surface area contributed by atoms with Crippen LogP contribution in [0.5, 0.6) is 0 Å². The molecule has 4 unspecified atom stereocenters. The van der Waals surface area contributed by atoms with Crippen LogP contribution >= 0.6 is 0 Å². The van der Waals surface area contributed by atoms with Crippen LogP contribution in [-0.4, -0.2) is 70.9 Å². The fourth-order valence-electron chi connectivity index (χ4n) is 10.8. The van der Waals surface area contributed by atoms with E-state index in [1.54, 1.807) is 0 Å². The number of hydrogen-bond donors (Lipinski definition) is 4. The average molecular weight is 621 g/mol. The number of ether oxygens (including phenoxy) is 3. The second-order valence-electron chi connectivity index (χ2n) is 15.7. The Hall–Kier alpha value is -0.280. The lowest BCUT2D eigenvalue weighted by Gasteiger charge is -2.65. The van der Waals surface area contributed by atoms with Crippen LogP contribution in [-0.2, 0) is 14.2 Å². The molecule has 0 aromatic heterocycles. The molecule has 258 valence electrons. The summed E-state index contributed by atoms with van der Waals surface area (Å²) < 4.78 is 20.3. The lowest BCUT2D eigenvalue weighted by molar-refractivity contribution is -0.227. The molecule has 0 bridgehead atoms. The molecule has 4 fully saturated rings. The van der Waals surface area contributed by atoms with Crippen molar-refractivity contribution in [2.24, 2.45) is 63.5 Å². The molecule has 0 amide bonds. The monoisotopic (exact) mass is 621 g/mol. The van der Waals surface area contributed by atoms with E-state index in [0.717, 1.165) is 58.6 Å². The van der Waals surface area contributed by atoms with Crippen molar-refractivity contribution < 1.29 is 14.2 Å². The molecule has 4 aliphatic rings. The van der Waals surface area contributed by atoms with Crippen molar-refractivity contribution in [1.29, 1.82) is 0 Å². The van der Waals surface area contributed by atoms with Gasteiger partial charge in [0, 0.05) is 25.2 Å². The van der Waals surface area contributed by atoms with Gasteiger partial charge in [0.2, 0.25) is 0 Å². The molecule has 44 heavy (non-hydrogen) atoms. The van der Waals surface area contributed by atoms with E-state index in [-0.39, 0.29) is 5.41 Å². The minimum absolute atomic E-state index is 0.187. The molecule has 7 N–H and O–H groups in total. The predicted octanol–water partition coefficient (Wildman–Crippen LogP) is 5.87. The van der Waals surface area contributed by atoms with Gasteiger partial charge in [0.05, 0.1) is 18.3 Å². The highest BCUT2D eigenvalue weighted by Crippen LogP contribution is 2.69. The van der Waals surface area contributed by atoms with Gasteiger partial charge >= 0.3 is 0 Å². The quantitative estimate of drug-likeness (QED) is 0.126. The Morgan fingerprint density at radius 1 is 0.773 bits per heavy atom. The first kappa shape index (κ1) is 36.6. The summed E-state index contributed by atoms with van der Waals surface area (Å²) in [6, 6.07) is 0. The first-order chi connectivity index (χ1) is 21.3. The van der Waals surface area contributed by atoms with Gasteiger partial charge in [-0.2, -0.15) is 0 Å². The lowest BCUT2D eigenvalue weighted by Crippen LogP contribution is -2.63. The van der Waals surface area contributed by atoms with E-state index in [2.05, 4.69) is 33.0 Å². The molecule has 4 rings (SSSR count). The second-order valence-corrected chi connectivity index (χ2v) is 15.7. The first-order valence-electron chi connectivity index (χ1n) is 19.0. The SMILES string of the molecule is CCCCNCCCC(C)C1CC[C@H]2C3[C@H](OCCCN)CC4C[C@H](OCCCN)CC[C@]4(C)[C@H]3C[C@H](OCCCN)[C@]12C. The van der Waals surface area contributed by atoms with Crippen LogP contribution in [0.15, 0.2) is 0 Å². The Bertz CT molecular complexity index is 818. The molecule has 0 aromatic rings. The van der Waals surface area contributed by atoms with Crippen molar-refractivity contribution in [3.63, 3.8) is 0 Å². The number of rotatable bonds is 20. The molecule has 0 radical (unpaired) electrons. The number of nitrogens with two attached hydrogens (primary N) is 3. The van der Waals surface area contributed by atoms with Gasteiger partial charge in [-0.25, -0.2) is 0 Å². The van der Waals surface area contributed by atoms with Gasteiger partial charge in [-0.05, 0) is 157 Å². The third kappa shape index (κ3) is 8.22. The standard InChI is InChI=1S/C37H72N4O3/c1-5-6-19-41-20-7-11-27(2)30-12-13-31-35-32(26-34(37(30,31)4)44-23-10-18-40)36(3)15-14-29(42-21-8-16-38)24-28(36)25-33(35)43-22-9-17-39/h27-35,41H,5-26,38-40H2,1-4H3/t27?,28?,29-,30?,31+,32+,33-,34+,35?,36+,37-/m1/s1. The minimum atomic E-state index is 0.187. The van der Waals surface area contributed by atoms with Crippen LogP contribution in [0.3, 0.4) is 0 Å². The maximum absolute atomic E-state index is 7.00. The molecule has 11 atom stereocenters. The van der Waals surface area contributed by atoms with Crippen molar-refractivity contribution in [2.45, 2.75) is 136 Å². The Morgan fingerprint density at radius 3 is 2.16 bits per heavy atom. The fraction of sp³-hybridized carbons (Fsp3) is 1.00. The van der Waals surface area contributed by atoms with E-state index in [1.165, 1.54) is 64.2 Å². The van der Waals surface area contributed by atoms with Crippen molar-refractivity contribution in [1.82, 2.24) is 5.32 Å². The van der Waals surface area contributed by atoms with E-state index in [1.807, 2.05) is 0 Å². The number of unbranched alkanes of at least 4 members (excludes halogenated alkanes) is 1. The first-order valence-corrected chi connectivity index (χ1v) is 19.0. The molecular formula is C37H72N4O3. The molecule has 0 heterocycles. The summed E-state index contributed by atoms with van der Waals surface area (Å²) in [5.41, 5.74) is 18.2. The predicted molar refractivity (Wildman–Crippen MR) is 182 cm³/mol.